The molecule has 0 bridgehead atoms. The number of carbonyl (C=O) groups is 1. The predicted octanol–water partition coefficient (Wildman–Crippen LogP) is 4.81. The average molecular weight is 382 g/mol. The van der Waals surface area contributed by atoms with Crippen LogP contribution in [0.25, 0.3) is 11.4 Å². The zero-order valence-corrected chi connectivity index (χ0v) is 15.7. The van der Waals surface area contributed by atoms with E-state index in [4.69, 9.17) is 0 Å². The molecule has 0 unspecified atom stereocenters. The number of nitrogens with zero attached hydrogens (tertiary/aromatic N) is 5. The van der Waals surface area contributed by atoms with Gasteiger partial charge in [-0.2, -0.15) is 9.64 Å². The number of azo groups is 1. The number of nitriles is 1. The Morgan fingerprint density at radius 1 is 1.35 bits per heavy atom. The topological polar surface area (TPSA) is 107 Å². The van der Waals surface area contributed by atoms with E-state index in [0.717, 1.165) is 17.1 Å². The van der Waals surface area contributed by atoms with Gasteiger partial charge < -0.3 is 4.98 Å². The molecule has 3 aromatic rings. The molecule has 26 heavy (non-hydrogen) atoms. The Kier molecular flexibility index (Phi) is 5.55. The van der Waals surface area contributed by atoms with Crippen LogP contribution in [0.15, 0.2) is 45.6 Å². The summed E-state index contributed by atoms with van der Waals surface area (Å²) in [6, 6.07) is 11.7. The largest absolute Gasteiger partial charge is 0.321 e. The summed E-state index contributed by atoms with van der Waals surface area (Å²) in [4.78, 5) is 19.0. The van der Waals surface area contributed by atoms with Crippen molar-refractivity contribution >= 4 is 39.9 Å². The van der Waals surface area contributed by atoms with E-state index in [-0.39, 0.29) is 5.78 Å². The fraction of sp³-hybridized carbons (Fsp3) is 0.176. The number of H-pyrrole nitrogens is 1. The monoisotopic (exact) mass is 382 g/mol. The lowest BCUT2D eigenvalue weighted by atomic mass is 10.2. The van der Waals surface area contributed by atoms with Crippen LogP contribution in [0, 0.1) is 18.3 Å². The highest BCUT2D eigenvalue weighted by molar-refractivity contribution is 8.00. The summed E-state index contributed by atoms with van der Waals surface area (Å²) in [6.07, 6.45) is 0. The van der Waals surface area contributed by atoms with Crippen molar-refractivity contribution in [1.29, 1.82) is 5.26 Å². The standard InChI is InChI=1S/C17H14N6OS2/c1-10(24)9-25-17-15(19-14(20-17)12-6-4-3-5-7-12)21-22-16-13(8-18)11(2)23-26-16/h3-7H,9H2,1-2H3,(H,19,20)/b22-21+. The molecule has 0 aliphatic carbocycles. The van der Waals surface area contributed by atoms with Crippen LogP contribution in [0.4, 0.5) is 10.8 Å². The Labute approximate surface area is 158 Å². The molecule has 0 aliphatic rings. The number of hydrogen-bond donors (Lipinski definition) is 1. The normalized spacial score (nSPS) is 11.0. The Hall–Kier alpha value is -2.83. The van der Waals surface area contributed by atoms with Gasteiger partial charge in [0.2, 0.25) is 0 Å². The van der Waals surface area contributed by atoms with Crippen molar-refractivity contribution in [3.63, 3.8) is 0 Å². The van der Waals surface area contributed by atoms with Gasteiger partial charge in [-0.15, -0.1) is 10.2 Å². The first-order valence-corrected chi connectivity index (χ1v) is 9.40. The van der Waals surface area contributed by atoms with Crippen LogP contribution in [-0.2, 0) is 4.79 Å². The number of Topliss-reactive ketones (excluding diaryl/α,β-unsaturated/α-hetero) is 1. The van der Waals surface area contributed by atoms with Gasteiger partial charge in [-0.3, -0.25) is 4.79 Å². The molecule has 0 radical (unpaired) electrons. The van der Waals surface area contributed by atoms with E-state index >= 15 is 0 Å². The molecule has 2 aromatic heterocycles. The van der Waals surface area contributed by atoms with Crippen molar-refractivity contribution in [2.75, 3.05) is 5.75 Å². The van der Waals surface area contributed by atoms with E-state index in [9.17, 15) is 10.1 Å². The summed E-state index contributed by atoms with van der Waals surface area (Å²) in [5.41, 5.74) is 1.96. The zero-order chi connectivity index (χ0) is 18.5. The first kappa shape index (κ1) is 18.0. The summed E-state index contributed by atoms with van der Waals surface area (Å²) in [5, 5.41) is 18.6. The number of ketones is 1. The third-order valence-corrected chi connectivity index (χ3v) is 5.24. The van der Waals surface area contributed by atoms with Crippen molar-refractivity contribution in [3.05, 3.63) is 41.6 Å². The highest BCUT2D eigenvalue weighted by atomic mass is 32.2. The number of aromatic nitrogens is 3. The maximum atomic E-state index is 11.3. The van der Waals surface area contributed by atoms with Gasteiger partial charge in [-0.05, 0) is 25.4 Å². The van der Waals surface area contributed by atoms with Crippen LogP contribution in [0.5, 0.6) is 0 Å². The van der Waals surface area contributed by atoms with E-state index in [1.54, 1.807) is 6.92 Å². The molecule has 2 heterocycles. The van der Waals surface area contributed by atoms with Crippen molar-refractivity contribution in [3.8, 4) is 17.5 Å². The Morgan fingerprint density at radius 3 is 2.81 bits per heavy atom. The highest BCUT2D eigenvalue weighted by Gasteiger charge is 2.14. The molecule has 0 saturated heterocycles. The highest BCUT2D eigenvalue weighted by Crippen LogP contribution is 2.34. The van der Waals surface area contributed by atoms with Gasteiger partial charge in [0.25, 0.3) is 0 Å². The Balaban J connectivity index is 1.96. The van der Waals surface area contributed by atoms with Crippen molar-refractivity contribution in [2.45, 2.75) is 18.9 Å². The van der Waals surface area contributed by atoms with E-state index in [1.807, 2.05) is 30.3 Å². The average Bonchev–Trinajstić information content (AvgIpc) is 3.21. The number of imidazole rings is 1. The molecule has 1 N–H and O–H groups in total. The van der Waals surface area contributed by atoms with E-state index in [0.29, 0.717) is 38.7 Å². The minimum absolute atomic E-state index is 0.0481. The Morgan fingerprint density at radius 2 is 2.12 bits per heavy atom. The molecular weight excluding hydrogens is 368 g/mol. The first-order valence-electron chi connectivity index (χ1n) is 7.64. The number of thioether (sulfide) groups is 1. The molecule has 9 heteroatoms. The van der Waals surface area contributed by atoms with Gasteiger partial charge in [0.15, 0.2) is 10.8 Å². The molecule has 7 nitrogen and oxygen atoms in total. The summed E-state index contributed by atoms with van der Waals surface area (Å²) >= 11 is 2.42. The molecule has 0 fully saturated rings. The molecule has 0 aliphatic heterocycles. The molecule has 3 rings (SSSR count). The van der Waals surface area contributed by atoms with Crippen molar-refractivity contribution in [2.24, 2.45) is 10.2 Å². The van der Waals surface area contributed by atoms with Crippen LogP contribution in [-0.4, -0.2) is 25.9 Å². The summed E-state index contributed by atoms with van der Waals surface area (Å²) in [7, 11) is 0. The fourth-order valence-electron chi connectivity index (χ4n) is 2.07. The van der Waals surface area contributed by atoms with Crippen molar-refractivity contribution in [1.82, 2.24) is 14.3 Å². The lowest BCUT2D eigenvalue weighted by molar-refractivity contribution is -0.114. The van der Waals surface area contributed by atoms with Crippen molar-refractivity contribution < 1.29 is 4.79 Å². The SMILES string of the molecule is CC(=O)CSc1nc(-c2ccccc2)[nH]c1/N=N/c1snc(C)c1C#N. The van der Waals surface area contributed by atoms with E-state index < -0.39 is 0 Å². The van der Waals surface area contributed by atoms with Gasteiger partial charge in [0.1, 0.15) is 28.3 Å². The number of rotatable bonds is 6. The minimum Gasteiger partial charge on any atom is -0.321 e. The van der Waals surface area contributed by atoms with E-state index in [1.165, 1.54) is 18.7 Å². The second kappa shape index (κ2) is 8.03. The van der Waals surface area contributed by atoms with Gasteiger partial charge in [0, 0.05) is 5.56 Å². The van der Waals surface area contributed by atoms with Crippen LogP contribution >= 0.6 is 23.3 Å². The molecular formula is C17H14N6OS2. The van der Waals surface area contributed by atoms with Gasteiger partial charge in [-0.1, -0.05) is 42.1 Å². The molecule has 0 saturated carbocycles. The van der Waals surface area contributed by atoms with Crippen LogP contribution in [0.1, 0.15) is 18.2 Å². The van der Waals surface area contributed by atoms with Crippen LogP contribution in [0.3, 0.4) is 0 Å². The number of aryl methyl sites for hydroxylation is 1. The number of hydrogen-bond acceptors (Lipinski definition) is 8. The quantitative estimate of drug-likeness (QED) is 0.486. The molecule has 0 atom stereocenters. The second-order valence-corrected chi connectivity index (χ2v) is 7.07. The van der Waals surface area contributed by atoms with Gasteiger partial charge in [0.05, 0.1) is 11.4 Å². The molecule has 130 valence electrons. The Bertz CT molecular complexity index is 1000. The smallest absolute Gasteiger partial charge is 0.186 e. The van der Waals surface area contributed by atoms with Gasteiger partial charge >= 0.3 is 0 Å². The minimum atomic E-state index is 0.0481. The lowest BCUT2D eigenvalue weighted by Crippen LogP contribution is -1.92. The zero-order valence-electron chi connectivity index (χ0n) is 14.1. The molecule has 0 spiro atoms. The number of nitrogens with one attached hydrogen (secondary N) is 1. The molecule has 1 aromatic carbocycles. The maximum absolute atomic E-state index is 11.3. The third-order valence-electron chi connectivity index (χ3n) is 3.31. The number of aromatic amines is 1. The van der Waals surface area contributed by atoms with Gasteiger partial charge in [-0.25, -0.2) is 4.98 Å². The fourth-order valence-corrected chi connectivity index (χ4v) is 3.47. The molecule has 0 amide bonds. The summed E-state index contributed by atoms with van der Waals surface area (Å²) < 4.78 is 4.12. The van der Waals surface area contributed by atoms with Crippen LogP contribution < -0.4 is 0 Å². The summed E-state index contributed by atoms with van der Waals surface area (Å²) in [6.45, 7) is 3.28. The third kappa shape index (κ3) is 4.04. The maximum Gasteiger partial charge on any atom is 0.186 e. The van der Waals surface area contributed by atoms with Crippen LogP contribution in [0.2, 0.25) is 0 Å². The number of carbonyl (C=O) groups excluding carboxylic acids is 1. The lowest BCUT2D eigenvalue weighted by Gasteiger charge is -1.94. The first-order chi connectivity index (χ1) is 12.6. The predicted molar refractivity (Wildman–Crippen MR) is 101 cm³/mol. The van der Waals surface area contributed by atoms with E-state index in [2.05, 4.69) is 30.6 Å². The summed E-state index contributed by atoms with van der Waals surface area (Å²) in [5.74, 6) is 1.44. The second-order valence-electron chi connectivity index (χ2n) is 5.36. The number of benzene rings is 1.